The number of aliphatic hydroxyl groups excluding tert-OH is 1. The lowest BCUT2D eigenvalue weighted by Gasteiger charge is -2.36. The minimum Gasteiger partial charge on any atom is -0.487 e. The molecule has 7 nitrogen and oxygen atoms in total. The number of anilines is 2. The molecule has 46 heavy (non-hydrogen) atoms. The molecule has 0 aliphatic carbocycles. The topological polar surface area (TPSA) is 83.1 Å². The highest BCUT2D eigenvalue weighted by atomic mass is 28.3. The van der Waals surface area contributed by atoms with E-state index < -0.39 is 15.1 Å². The van der Waals surface area contributed by atoms with Crippen LogP contribution in [0.4, 0.5) is 11.4 Å². The number of benzene rings is 4. The van der Waals surface area contributed by atoms with Crippen molar-refractivity contribution in [3.8, 4) is 5.75 Å². The standard InChI is InChI=1S/C38H49N3O4Si/c1-38(2,3)34(32-18-21-37(35(24-32)40-28-42)44-27-30-12-8-6-9-13-30)26-41(45-46(4)5)23-22-29-16-19-33(20-17-29)39-25-36(43)31-14-10-7-11-15-31/h6-21,24,28,34,36,39,43,46H,22-23,25-27H2,1-5H3,(H,40,42)/t34-,36-/m0/s1. The third-order valence-corrected chi connectivity index (χ3v) is 8.66. The molecule has 4 rings (SSSR count). The van der Waals surface area contributed by atoms with Crippen molar-refractivity contribution in [1.29, 1.82) is 0 Å². The van der Waals surface area contributed by atoms with E-state index in [0.717, 1.165) is 41.9 Å². The summed E-state index contributed by atoms with van der Waals surface area (Å²) in [5.74, 6) is 0.779. The lowest BCUT2D eigenvalue weighted by Crippen LogP contribution is -2.38. The zero-order chi connectivity index (χ0) is 32.9. The highest BCUT2D eigenvalue weighted by molar-refractivity contribution is 6.48. The maximum atomic E-state index is 11.5. The van der Waals surface area contributed by atoms with Gasteiger partial charge in [-0.1, -0.05) is 99.6 Å². The van der Waals surface area contributed by atoms with Crippen molar-refractivity contribution in [3.05, 3.63) is 125 Å². The van der Waals surface area contributed by atoms with Crippen LogP contribution in [0.25, 0.3) is 0 Å². The predicted molar refractivity (Wildman–Crippen MR) is 191 cm³/mol. The average molecular weight is 640 g/mol. The first-order valence-corrected chi connectivity index (χ1v) is 18.9. The Morgan fingerprint density at radius 2 is 1.54 bits per heavy atom. The summed E-state index contributed by atoms with van der Waals surface area (Å²) in [5.41, 5.74) is 5.88. The second-order valence-electron chi connectivity index (χ2n) is 13.0. The maximum Gasteiger partial charge on any atom is 0.211 e. The molecule has 8 heteroatoms. The van der Waals surface area contributed by atoms with Gasteiger partial charge in [0, 0.05) is 31.2 Å². The molecule has 0 saturated carbocycles. The second kappa shape index (κ2) is 17.1. The minimum absolute atomic E-state index is 0.0668. The number of nitrogens with zero attached hydrogens (tertiary/aromatic N) is 1. The van der Waals surface area contributed by atoms with E-state index in [1.807, 2.05) is 72.8 Å². The molecule has 0 bridgehead atoms. The number of nitrogens with one attached hydrogen (secondary N) is 2. The summed E-state index contributed by atoms with van der Waals surface area (Å²) in [4.78, 5) is 11.5. The van der Waals surface area contributed by atoms with Crippen molar-refractivity contribution in [2.45, 2.75) is 58.9 Å². The van der Waals surface area contributed by atoms with E-state index in [4.69, 9.17) is 9.26 Å². The van der Waals surface area contributed by atoms with Crippen LogP contribution >= 0.6 is 0 Å². The van der Waals surface area contributed by atoms with Gasteiger partial charge < -0.3 is 25.0 Å². The van der Waals surface area contributed by atoms with Gasteiger partial charge in [-0.3, -0.25) is 4.79 Å². The first kappa shape index (κ1) is 34.9. The fourth-order valence-electron chi connectivity index (χ4n) is 5.42. The molecule has 0 unspecified atom stereocenters. The Labute approximate surface area is 276 Å². The summed E-state index contributed by atoms with van der Waals surface area (Å²) < 4.78 is 12.6. The molecule has 4 aromatic carbocycles. The average Bonchev–Trinajstić information content (AvgIpc) is 3.05. The third kappa shape index (κ3) is 10.8. The second-order valence-corrected chi connectivity index (χ2v) is 15.3. The molecule has 0 radical (unpaired) electrons. The molecule has 244 valence electrons. The maximum absolute atomic E-state index is 11.5. The van der Waals surface area contributed by atoms with E-state index in [9.17, 15) is 9.90 Å². The van der Waals surface area contributed by atoms with Crippen LogP contribution in [-0.2, 0) is 22.3 Å². The van der Waals surface area contributed by atoms with E-state index >= 15 is 0 Å². The summed E-state index contributed by atoms with van der Waals surface area (Å²) in [7, 11) is -1.37. The van der Waals surface area contributed by atoms with Crippen LogP contribution in [0.1, 0.15) is 55.0 Å². The van der Waals surface area contributed by atoms with Crippen LogP contribution in [0.15, 0.2) is 103 Å². The molecule has 0 fully saturated rings. The zero-order valence-corrected chi connectivity index (χ0v) is 28.9. The van der Waals surface area contributed by atoms with Gasteiger partial charge in [0.15, 0.2) is 9.04 Å². The summed E-state index contributed by atoms with van der Waals surface area (Å²) >= 11 is 0. The molecular formula is C38H49N3O4Si. The van der Waals surface area contributed by atoms with Gasteiger partial charge in [0.25, 0.3) is 0 Å². The number of hydroxylamine groups is 2. The van der Waals surface area contributed by atoms with Crippen molar-refractivity contribution in [3.63, 3.8) is 0 Å². The van der Waals surface area contributed by atoms with Gasteiger partial charge in [-0.2, -0.15) is 0 Å². The van der Waals surface area contributed by atoms with Crippen LogP contribution in [0.5, 0.6) is 5.75 Å². The largest absolute Gasteiger partial charge is 0.487 e. The number of hydrogen-bond acceptors (Lipinski definition) is 6. The summed E-state index contributed by atoms with van der Waals surface area (Å²) in [6.45, 7) is 13.5. The minimum atomic E-state index is -1.37. The summed E-state index contributed by atoms with van der Waals surface area (Å²) in [6.07, 6.45) is 0.979. The lowest BCUT2D eigenvalue weighted by molar-refractivity contribution is -0.105. The fourth-order valence-corrected chi connectivity index (χ4v) is 6.21. The quantitative estimate of drug-likeness (QED) is 0.0628. The van der Waals surface area contributed by atoms with E-state index in [-0.39, 0.29) is 11.3 Å². The Bertz CT molecular complexity index is 1480. The molecule has 1 amide bonds. The third-order valence-electron chi connectivity index (χ3n) is 7.94. The monoisotopic (exact) mass is 639 g/mol. The zero-order valence-electron chi connectivity index (χ0n) is 27.8. The first-order chi connectivity index (χ1) is 22.1. The Balaban J connectivity index is 1.42. The van der Waals surface area contributed by atoms with Gasteiger partial charge in [-0.15, -0.1) is 0 Å². The van der Waals surface area contributed by atoms with Crippen molar-refractivity contribution < 1.29 is 19.2 Å². The van der Waals surface area contributed by atoms with Gasteiger partial charge >= 0.3 is 0 Å². The Kier molecular flexibility index (Phi) is 13.0. The number of amides is 1. The van der Waals surface area contributed by atoms with Crippen molar-refractivity contribution in [2.24, 2.45) is 5.41 Å². The highest BCUT2D eigenvalue weighted by Crippen LogP contribution is 2.39. The Morgan fingerprint density at radius 1 is 0.870 bits per heavy atom. The van der Waals surface area contributed by atoms with Gasteiger partial charge in [-0.05, 0) is 71.4 Å². The summed E-state index contributed by atoms with van der Waals surface area (Å²) in [6, 6.07) is 34.2. The number of carbonyl (C=O) groups excluding carboxylic acids is 1. The van der Waals surface area contributed by atoms with E-state index in [2.05, 4.69) is 79.9 Å². The molecule has 0 aromatic heterocycles. The van der Waals surface area contributed by atoms with Gasteiger partial charge in [0.2, 0.25) is 6.41 Å². The van der Waals surface area contributed by atoms with Crippen LogP contribution in [0, 0.1) is 5.41 Å². The SMILES string of the molecule is C[SiH](C)ON(CCc1ccc(NC[C@H](O)c2ccccc2)cc1)C[C@@H](c1ccc(OCc2ccccc2)c(NC=O)c1)C(C)(C)C. The number of ether oxygens (including phenoxy) is 1. The smallest absolute Gasteiger partial charge is 0.211 e. The number of carbonyl (C=O) groups is 1. The molecule has 0 heterocycles. The summed E-state index contributed by atoms with van der Waals surface area (Å²) in [5, 5.41) is 18.8. The lowest BCUT2D eigenvalue weighted by atomic mass is 9.76. The van der Waals surface area contributed by atoms with Crippen LogP contribution in [0.3, 0.4) is 0 Å². The molecule has 4 aromatic rings. The van der Waals surface area contributed by atoms with Gasteiger partial charge in [0.05, 0.1) is 11.8 Å². The Hall–Kier alpha value is -3.95. The number of aliphatic hydroxyl groups is 1. The molecular weight excluding hydrogens is 591 g/mol. The molecule has 0 spiro atoms. The normalized spacial score (nSPS) is 13.0. The van der Waals surface area contributed by atoms with Crippen molar-refractivity contribution >= 4 is 26.8 Å². The van der Waals surface area contributed by atoms with Gasteiger partial charge in [0.1, 0.15) is 12.4 Å². The molecule has 0 aliphatic rings. The van der Waals surface area contributed by atoms with Gasteiger partial charge in [-0.25, -0.2) is 5.06 Å². The van der Waals surface area contributed by atoms with E-state index in [1.54, 1.807) is 0 Å². The highest BCUT2D eigenvalue weighted by Gasteiger charge is 2.30. The van der Waals surface area contributed by atoms with Crippen LogP contribution in [-0.4, -0.2) is 45.3 Å². The molecule has 0 aliphatic heterocycles. The first-order valence-electron chi connectivity index (χ1n) is 16.1. The van der Waals surface area contributed by atoms with E-state index in [0.29, 0.717) is 31.0 Å². The van der Waals surface area contributed by atoms with Crippen LogP contribution < -0.4 is 15.4 Å². The molecule has 2 atom stereocenters. The van der Waals surface area contributed by atoms with Crippen molar-refractivity contribution in [2.75, 3.05) is 30.3 Å². The van der Waals surface area contributed by atoms with Crippen molar-refractivity contribution in [1.82, 2.24) is 5.06 Å². The number of hydrogen-bond donors (Lipinski definition) is 3. The fraction of sp³-hybridized carbons (Fsp3) is 0.342. The van der Waals surface area contributed by atoms with E-state index in [1.165, 1.54) is 5.56 Å². The number of rotatable bonds is 17. The molecule has 3 N–H and O–H groups in total. The van der Waals surface area contributed by atoms with Crippen LogP contribution in [0.2, 0.25) is 13.1 Å². The Morgan fingerprint density at radius 3 is 2.17 bits per heavy atom. The predicted octanol–water partition coefficient (Wildman–Crippen LogP) is 7.57. The molecule has 0 saturated heterocycles.